The first-order valence-corrected chi connectivity index (χ1v) is 19.5. The third-order valence-corrected chi connectivity index (χ3v) is 11.9. The summed E-state index contributed by atoms with van der Waals surface area (Å²) in [5, 5.41) is 2.30. The maximum atomic E-state index is 6.43. The topological polar surface area (TPSA) is 16.4 Å². The standard InChI is InChI=1S/C53H43NO/c1-52(2,3)37-26-32-41(33-27-37)54(40-30-24-36(25-31-40)43-19-13-20-47-46-18-9-12-23-50(46)55-51(43)47)42-34-28-39(29-35-42)53(38-14-5-4-6-15-38)48-21-10-7-16-44(48)45-17-8-11-22-49(45)53/h4-28,30-34H,29,35H2,1-3H3. The molecule has 10 rings (SSSR count). The molecule has 2 nitrogen and oxygen atoms in total. The van der Waals surface area contributed by atoms with Crippen LogP contribution in [0, 0.1) is 0 Å². The van der Waals surface area contributed by atoms with Crippen LogP contribution < -0.4 is 4.90 Å². The van der Waals surface area contributed by atoms with Crippen LogP contribution in [0.15, 0.2) is 198 Å². The molecule has 1 heterocycles. The van der Waals surface area contributed by atoms with Crippen LogP contribution in [0.2, 0.25) is 0 Å². The van der Waals surface area contributed by atoms with E-state index in [9.17, 15) is 0 Å². The minimum atomic E-state index is -0.352. The minimum absolute atomic E-state index is 0.0735. The lowest BCUT2D eigenvalue weighted by Gasteiger charge is -2.38. The first kappa shape index (κ1) is 33.2. The highest BCUT2D eigenvalue weighted by atomic mass is 16.3. The van der Waals surface area contributed by atoms with Crippen molar-refractivity contribution in [1.82, 2.24) is 0 Å². The molecular formula is C53H43NO. The van der Waals surface area contributed by atoms with Gasteiger partial charge in [0.1, 0.15) is 11.2 Å². The summed E-state index contributed by atoms with van der Waals surface area (Å²) in [5.74, 6) is 0. The van der Waals surface area contributed by atoms with Crippen LogP contribution in [0.3, 0.4) is 0 Å². The van der Waals surface area contributed by atoms with Crippen molar-refractivity contribution in [2.75, 3.05) is 4.90 Å². The van der Waals surface area contributed by atoms with E-state index in [-0.39, 0.29) is 10.8 Å². The SMILES string of the molecule is CC(C)(C)c1ccc(N(C2=CC=C(C3(c4ccccc4)c4ccccc4-c4ccccc43)CC2)c2ccc(-c3cccc4c3oc3ccccc34)cc2)cc1. The number of fused-ring (bicyclic) bond motifs is 6. The molecule has 2 aliphatic rings. The second-order valence-corrected chi connectivity index (χ2v) is 16.0. The zero-order valence-electron chi connectivity index (χ0n) is 31.6. The first-order chi connectivity index (χ1) is 26.9. The summed E-state index contributed by atoms with van der Waals surface area (Å²) in [7, 11) is 0. The lowest BCUT2D eigenvalue weighted by atomic mass is 9.65. The van der Waals surface area contributed by atoms with Gasteiger partial charge in [0.2, 0.25) is 0 Å². The third kappa shape index (κ3) is 5.31. The highest BCUT2D eigenvalue weighted by molar-refractivity contribution is 6.09. The molecule has 0 unspecified atom stereocenters. The number of para-hydroxylation sites is 2. The van der Waals surface area contributed by atoms with Crippen molar-refractivity contribution in [1.29, 1.82) is 0 Å². The Morgan fingerprint density at radius 2 is 1.09 bits per heavy atom. The van der Waals surface area contributed by atoms with Gasteiger partial charge in [0.05, 0.1) is 5.41 Å². The zero-order valence-corrected chi connectivity index (χ0v) is 31.6. The Hall–Kier alpha value is -6.38. The average molecular weight is 710 g/mol. The van der Waals surface area contributed by atoms with E-state index < -0.39 is 0 Å². The molecule has 0 saturated carbocycles. The number of allylic oxidation sites excluding steroid dienone is 4. The van der Waals surface area contributed by atoms with E-state index in [1.807, 2.05) is 6.07 Å². The largest absolute Gasteiger partial charge is 0.455 e. The van der Waals surface area contributed by atoms with Crippen molar-refractivity contribution in [3.8, 4) is 22.3 Å². The maximum absolute atomic E-state index is 6.43. The molecular weight excluding hydrogens is 667 g/mol. The van der Waals surface area contributed by atoms with Gasteiger partial charge in [0.15, 0.2) is 0 Å². The Labute approximate surface area is 323 Å². The lowest BCUT2D eigenvalue weighted by Crippen LogP contribution is -2.31. The van der Waals surface area contributed by atoms with Gasteiger partial charge in [-0.1, -0.05) is 172 Å². The molecule has 0 radical (unpaired) electrons. The van der Waals surface area contributed by atoms with Crippen molar-refractivity contribution in [2.24, 2.45) is 0 Å². The fourth-order valence-electron chi connectivity index (χ4n) is 9.25. The summed E-state index contributed by atoms with van der Waals surface area (Å²) in [6.07, 6.45) is 6.66. The number of rotatable bonds is 6. The third-order valence-electron chi connectivity index (χ3n) is 11.9. The summed E-state index contributed by atoms with van der Waals surface area (Å²) >= 11 is 0. The fraction of sp³-hybridized carbons (Fsp3) is 0.132. The monoisotopic (exact) mass is 709 g/mol. The number of nitrogens with zero attached hydrogens (tertiary/aromatic N) is 1. The van der Waals surface area contributed by atoms with Crippen LogP contribution in [0.25, 0.3) is 44.2 Å². The molecule has 2 aliphatic carbocycles. The van der Waals surface area contributed by atoms with E-state index in [1.54, 1.807) is 0 Å². The average Bonchev–Trinajstić information content (AvgIpc) is 3.76. The Morgan fingerprint density at radius 1 is 0.509 bits per heavy atom. The quantitative estimate of drug-likeness (QED) is 0.171. The van der Waals surface area contributed by atoms with Gasteiger partial charge in [-0.25, -0.2) is 0 Å². The van der Waals surface area contributed by atoms with Crippen molar-refractivity contribution >= 4 is 33.3 Å². The highest BCUT2D eigenvalue weighted by Crippen LogP contribution is 2.58. The van der Waals surface area contributed by atoms with Gasteiger partial charge >= 0.3 is 0 Å². The molecule has 1 aromatic heterocycles. The van der Waals surface area contributed by atoms with E-state index in [1.165, 1.54) is 44.7 Å². The fourth-order valence-corrected chi connectivity index (χ4v) is 9.25. The Kier molecular flexibility index (Phi) is 7.78. The minimum Gasteiger partial charge on any atom is -0.455 e. The summed E-state index contributed by atoms with van der Waals surface area (Å²) < 4.78 is 6.43. The number of hydrogen-bond acceptors (Lipinski definition) is 2. The molecule has 7 aromatic carbocycles. The Balaban J connectivity index is 1.10. The number of hydrogen-bond donors (Lipinski definition) is 0. The lowest BCUT2D eigenvalue weighted by molar-refractivity contribution is 0.590. The maximum Gasteiger partial charge on any atom is 0.143 e. The normalized spacial score (nSPS) is 14.7. The van der Waals surface area contributed by atoms with E-state index in [2.05, 4.69) is 202 Å². The molecule has 0 saturated heterocycles. The van der Waals surface area contributed by atoms with Gasteiger partial charge in [0, 0.05) is 33.4 Å². The van der Waals surface area contributed by atoms with Crippen LogP contribution in [-0.2, 0) is 10.8 Å². The van der Waals surface area contributed by atoms with E-state index >= 15 is 0 Å². The van der Waals surface area contributed by atoms with Gasteiger partial charge < -0.3 is 9.32 Å². The van der Waals surface area contributed by atoms with Crippen LogP contribution >= 0.6 is 0 Å². The summed E-state index contributed by atoms with van der Waals surface area (Å²) in [4.78, 5) is 2.46. The zero-order chi connectivity index (χ0) is 37.1. The molecule has 0 spiro atoms. The summed E-state index contributed by atoms with van der Waals surface area (Å²) in [5.41, 5.74) is 16.9. The second kappa shape index (κ2) is 12.9. The van der Waals surface area contributed by atoms with Crippen LogP contribution in [0.5, 0.6) is 0 Å². The summed E-state index contributed by atoms with van der Waals surface area (Å²) in [6.45, 7) is 6.83. The molecule has 0 fully saturated rings. The van der Waals surface area contributed by atoms with Gasteiger partial charge in [0.25, 0.3) is 0 Å². The van der Waals surface area contributed by atoms with Crippen molar-refractivity contribution in [3.63, 3.8) is 0 Å². The molecule has 0 bridgehead atoms. The highest BCUT2D eigenvalue weighted by Gasteiger charge is 2.47. The molecule has 55 heavy (non-hydrogen) atoms. The molecule has 0 amide bonds. The smallest absolute Gasteiger partial charge is 0.143 e. The van der Waals surface area contributed by atoms with Crippen molar-refractivity contribution in [2.45, 2.75) is 44.4 Å². The number of anilines is 2. The molecule has 8 aromatic rings. The number of benzene rings is 7. The van der Waals surface area contributed by atoms with Crippen LogP contribution in [-0.4, -0.2) is 0 Å². The predicted molar refractivity (Wildman–Crippen MR) is 230 cm³/mol. The van der Waals surface area contributed by atoms with E-state index in [4.69, 9.17) is 4.42 Å². The van der Waals surface area contributed by atoms with Crippen LogP contribution in [0.4, 0.5) is 11.4 Å². The Bertz CT molecular complexity index is 2730. The first-order valence-electron chi connectivity index (χ1n) is 19.5. The van der Waals surface area contributed by atoms with Gasteiger partial charge in [-0.3, -0.25) is 0 Å². The van der Waals surface area contributed by atoms with Crippen molar-refractivity contribution < 1.29 is 4.42 Å². The molecule has 2 heteroatoms. The Morgan fingerprint density at radius 3 is 1.75 bits per heavy atom. The van der Waals surface area contributed by atoms with Gasteiger partial charge in [-0.05, 0) is 93.6 Å². The number of furan rings is 1. The van der Waals surface area contributed by atoms with Gasteiger partial charge in [-0.15, -0.1) is 0 Å². The molecule has 0 N–H and O–H groups in total. The molecule has 266 valence electrons. The molecule has 0 atom stereocenters. The summed E-state index contributed by atoms with van der Waals surface area (Å²) in [6, 6.07) is 62.1. The van der Waals surface area contributed by atoms with E-state index in [0.717, 1.165) is 57.3 Å². The van der Waals surface area contributed by atoms with E-state index in [0.29, 0.717) is 0 Å². The van der Waals surface area contributed by atoms with Crippen LogP contribution in [0.1, 0.15) is 55.9 Å². The molecule has 0 aliphatic heterocycles. The second-order valence-electron chi connectivity index (χ2n) is 16.0. The van der Waals surface area contributed by atoms with Crippen molar-refractivity contribution in [3.05, 3.63) is 216 Å². The van der Waals surface area contributed by atoms with Gasteiger partial charge in [-0.2, -0.15) is 0 Å². The predicted octanol–water partition coefficient (Wildman–Crippen LogP) is 14.3.